The van der Waals surface area contributed by atoms with E-state index >= 15 is 0 Å². The van der Waals surface area contributed by atoms with Crippen molar-refractivity contribution in [3.63, 3.8) is 0 Å². The highest BCUT2D eigenvalue weighted by atomic mass is 16.5. The molecule has 186 valence electrons. The number of hydrogen-bond donors (Lipinski definition) is 2. The molecule has 1 heterocycles. The van der Waals surface area contributed by atoms with Crippen LogP contribution in [-0.4, -0.2) is 16.0 Å². The minimum absolute atomic E-state index is 0.00914. The number of carbonyl (C=O) groups excluding carboxylic acids is 1. The van der Waals surface area contributed by atoms with E-state index in [0.717, 1.165) is 39.1 Å². The highest BCUT2D eigenvalue weighted by molar-refractivity contribution is 6.07. The Kier molecular flexibility index (Phi) is 6.97. The fourth-order valence-electron chi connectivity index (χ4n) is 3.95. The molecule has 0 radical (unpaired) electrons. The van der Waals surface area contributed by atoms with E-state index in [4.69, 9.17) is 4.74 Å². The van der Waals surface area contributed by atoms with Gasteiger partial charge in [0.2, 0.25) is 5.88 Å². The Bertz CT molecular complexity index is 1420. The van der Waals surface area contributed by atoms with Crippen molar-refractivity contribution in [3.8, 4) is 11.6 Å². The maximum Gasteiger partial charge on any atom is 0.323 e. The third-order valence-corrected chi connectivity index (χ3v) is 6.06. The molecule has 4 aromatic rings. The maximum absolute atomic E-state index is 13.0. The molecule has 4 rings (SSSR count). The second-order valence-corrected chi connectivity index (χ2v) is 10.5. The van der Waals surface area contributed by atoms with Crippen molar-refractivity contribution >= 4 is 28.2 Å². The zero-order valence-electron chi connectivity index (χ0n) is 22.1. The first kappa shape index (κ1) is 25.2. The van der Waals surface area contributed by atoms with E-state index in [0.29, 0.717) is 17.3 Å². The summed E-state index contributed by atoms with van der Waals surface area (Å²) in [4.78, 5) is 22.1. The summed E-state index contributed by atoms with van der Waals surface area (Å²) in [5.41, 5.74) is 4.51. The monoisotopic (exact) mass is 482 g/mol. The molecule has 0 aliphatic carbocycles. The number of urea groups is 1. The van der Waals surface area contributed by atoms with Crippen LogP contribution in [0.4, 0.5) is 16.2 Å². The molecule has 6 heteroatoms. The van der Waals surface area contributed by atoms with Gasteiger partial charge < -0.3 is 15.4 Å². The summed E-state index contributed by atoms with van der Waals surface area (Å²) in [6.45, 7) is 14.5. The number of nitrogens with zero attached hydrogens (tertiary/aromatic N) is 2. The van der Waals surface area contributed by atoms with Gasteiger partial charge in [0.25, 0.3) is 0 Å². The quantitative estimate of drug-likeness (QED) is 0.301. The predicted molar refractivity (Wildman–Crippen MR) is 147 cm³/mol. The number of benzene rings is 3. The Hall–Kier alpha value is -3.93. The van der Waals surface area contributed by atoms with Gasteiger partial charge in [-0.25, -0.2) is 9.78 Å². The van der Waals surface area contributed by atoms with Crippen molar-refractivity contribution in [2.75, 3.05) is 10.6 Å². The van der Waals surface area contributed by atoms with Gasteiger partial charge in [0.1, 0.15) is 11.6 Å². The summed E-state index contributed by atoms with van der Waals surface area (Å²) in [5, 5.41) is 7.78. The molecule has 0 aliphatic heterocycles. The Morgan fingerprint density at radius 2 is 1.56 bits per heavy atom. The van der Waals surface area contributed by atoms with Crippen LogP contribution < -0.4 is 15.4 Å². The van der Waals surface area contributed by atoms with Crippen molar-refractivity contribution in [2.24, 2.45) is 0 Å². The van der Waals surface area contributed by atoms with Crippen LogP contribution in [0.3, 0.4) is 0 Å². The van der Waals surface area contributed by atoms with Crippen molar-refractivity contribution < 1.29 is 9.53 Å². The van der Waals surface area contributed by atoms with Crippen molar-refractivity contribution in [1.29, 1.82) is 0 Å². The molecule has 0 atom stereocenters. The highest BCUT2D eigenvalue weighted by Gasteiger charge is 2.17. The van der Waals surface area contributed by atoms with Crippen molar-refractivity contribution in [1.82, 2.24) is 9.97 Å². The zero-order valence-corrected chi connectivity index (χ0v) is 22.1. The molecule has 0 saturated carbocycles. The molecule has 3 aromatic carbocycles. The molecule has 0 unspecified atom stereocenters. The number of ether oxygens (including phenoxy) is 1. The van der Waals surface area contributed by atoms with Crippen LogP contribution in [0.5, 0.6) is 11.6 Å². The van der Waals surface area contributed by atoms with Gasteiger partial charge in [0.05, 0.1) is 5.69 Å². The first-order valence-electron chi connectivity index (χ1n) is 12.3. The lowest BCUT2D eigenvalue weighted by atomic mass is 9.86. The van der Waals surface area contributed by atoms with E-state index in [1.54, 1.807) is 0 Å². The van der Waals surface area contributed by atoms with Crippen LogP contribution in [0.1, 0.15) is 63.2 Å². The van der Waals surface area contributed by atoms with E-state index in [1.165, 1.54) is 0 Å². The molecule has 36 heavy (non-hydrogen) atoms. The number of aryl methyl sites for hydroxylation is 2. The number of fused-ring (bicyclic) bond motifs is 1. The third-order valence-electron chi connectivity index (χ3n) is 6.06. The predicted octanol–water partition coefficient (Wildman–Crippen LogP) is 8.10. The van der Waals surface area contributed by atoms with Gasteiger partial charge in [0.15, 0.2) is 0 Å². The average Bonchev–Trinajstić information content (AvgIpc) is 2.81. The summed E-state index contributed by atoms with van der Waals surface area (Å²) in [5.74, 6) is 2.11. The minimum Gasteiger partial charge on any atom is -0.438 e. The first-order valence-corrected chi connectivity index (χ1v) is 12.3. The topological polar surface area (TPSA) is 76.1 Å². The second kappa shape index (κ2) is 9.97. The second-order valence-electron chi connectivity index (χ2n) is 10.5. The van der Waals surface area contributed by atoms with E-state index in [-0.39, 0.29) is 17.4 Å². The molecular weight excluding hydrogens is 448 g/mol. The highest BCUT2D eigenvalue weighted by Crippen LogP contribution is 2.34. The van der Waals surface area contributed by atoms with Gasteiger partial charge >= 0.3 is 6.03 Å². The molecule has 2 N–H and O–H groups in total. The summed E-state index contributed by atoms with van der Waals surface area (Å²) >= 11 is 0. The van der Waals surface area contributed by atoms with Gasteiger partial charge in [-0.05, 0) is 48.6 Å². The Morgan fingerprint density at radius 3 is 2.25 bits per heavy atom. The third kappa shape index (κ3) is 5.65. The number of amides is 2. The number of hydrogen-bond acceptors (Lipinski definition) is 4. The van der Waals surface area contributed by atoms with Gasteiger partial charge in [-0.2, -0.15) is 4.98 Å². The number of nitrogens with one attached hydrogen (secondary N) is 2. The van der Waals surface area contributed by atoms with Gasteiger partial charge in [-0.3, -0.25) is 0 Å². The normalized spacial score (nSPS) is 11.6. The zero-order chi connectivity index (χ0) is 26.0. The van der Waals surface area contributed by atoms with E-state index in [2.05, 4.69) is 61.3 Å². The van der Waals surface area contributed by atoms with Crippen LogP contribution in [0.25, 0.3) is 10.8 Å². The lowest BCUT2D eigenvalue weighted by Gasteiger charge is -2.21. The molecule has 0 spiro atoms. The molecule has 0 aliphatic rings. The van der Waals surface area contributed by atoms with Crippen LogP contribution in [-0.2, 0) is 5.41 Å². The number of carbonyl (C=O) groups is 1. The standard InChI is InChI=1S/C30H34N4O2/c1-18(2)28-31-20(4)16-27(34-28)36-26-15-14-24(22-10-8-9-11-23(22)26)32-29(35)33-25-17-21(30(5,6)7)13-12-19(25)3/h8-18H,1-7H3,(H2,32,33,35). The molecule has 0 bridgehead atoms. The lowest BCUT2D eigenvalue weighted by Crippen LogP contribution is -2.21. The van der Waals surface area contributed by atoms with E-state index in [9.17, 15) is 4.79 Å². The van der Waals surface area contributed by atoms with Crippen LogP contribution in [0.2, 0.25) is 0 Å². The molecule has 1 aromatic heterocycles. The van der Waals surface area contributed by atoms with Crippen LogP contribution in [0.15, 0.2) is 60.7 Å². The molecule has 0 saturated heterocycles. The average molecular weight is 483 g/mol. The molecule has 6 nitrogen and oxygen atoms in total. The van der Waals surface area contributed by atoms with Gasteiger partial charge in [-0.15, -0.1) is 0 Å². The lowest BCUT2D eigenvalue weighted by molar-refractivity contribution is 0.262. The Morgan fingerprint density at radius 1 is 0.861 bits per heavy atom. The van der Waals surface area contributed by atoms with E-state index in [1.807, 2.05) is 68.4 Å². The first-order chi connectivity index (χ1) is 17.0. The fourth-order valence-corrected chi connectivity index (χ4v) is 3.95. The van der Waals surface area contributed by atoms with Crippen LogP contribution >= 0.6 is 0 Å². The molecule has 0 fully saturated rings. The van der Waals surface area contributed by atoms with Gasteiger partial charge in [-0.1, -0.05) is 71.0 Å². The largest absolute Gasteiger partial charge is 0.438 e. The minimum atomic E-state index is -0.295. The Balaban J connectivity index is 1.60. The SMILES string of the molecule is Cc1cc(Oc2ccc(NC(=O)Nc3cc(C(C)(C)C)ccc3C)c3ccccc23)nc(C(C)C)n1. The molecule has 2 amide bonds. The fraction of sp³-hybridized carbons (Fsp3) is 0.300. The summed E-state index contributed by atoms with van der Waals surface area (Å²) in [7, 11) is 0. The summed E-state index contributed by atoms with van der Waals surface area (Å²) in [6, 6.07) is 19.3. The summed E-state index contributed by atoms with van der Waals surface area (Å²) in [6.07, 6.45) is 0. The molecular formula is C30H34N4O2. The summed E-state index contributed by atoms with van der Waals surface area (Å²) < 4.78 is 6.20. The van der Waals surface area contributed by atoms with Crippen molar-refractivity contribution in [2.45, 2.75) is 59.8 Å². The van der Waals surface area contributed by atoms with Crippen LogP contribution in [0, 0.1) is 13.8 Å². The Labute approximate surface area is 213 Å². The van der Waals surface area contributed by atoms with Gasteiger partial charge in [0, 0.05) is 34.1 Å². The number of aromatic nitrogens is 2. The number of anilines is 2. The maximum atomic E-state index is 13.0. The van der Waals surface area contributed by atoms with E-state index < -0.39 is 0 Å². The smallest absolute Gasteiger partial charge is 0.323 e. The van der Waals surface area contributed by atoms with Crippen molar-refractivity contribution in [3.05, 3.63) is 83.3 Å². The number of rotatable bonds is 5.